The van der Waals surface area contributed by atoms with Crippen LogP contribution in [0.1, 0.15) is 5.56 Å². The largest absolute Gasteiger partial charge is 0.491 e. The summed E-state index contributed by atoms with van der Waals surface area (Å²) in [6.07, 6.45) is 5.39. The minimum Gasteiger partial charge on any atom is -0.491 e. The molecule has 1 heterocycles. The Morgan fingerprint density at radius 2 is 2.29 bits per heavy atom. The highest BCUT2D eigenvalue weighted by molar-refractivity contribution is 6.31. The minimum absolute atomic E-state index is 0.375. The van der Waals surface area contributed by atoms with Crippen molar-refractivity contribution in [2.45, 2.75) is 13.1 Å². The first-order chi connectivity index (χ1) is 8.31. The third kappa shape index (κ3) is 2.99. The van der Waals surface area contributed by atoms with Crippen molar-refractivity contribution in [1.29, 1.82) is 0 Å². The Morgan fingerprint density at radius 3 is 3.00 bits per heavy atom. The van der Waals surface area contributed by atoms with E-state index >= 15 is 0 Å². The lowest BCUT2D eigenvalue weighted by atomic mass is 10.2. The van der Waals surface area contributed by atoms with E-state index in [9.17, 15) is 0 Å². The van der Waals surface area contributed by atoms with Crippen LogP contribution in [0.15, 0.2) is 36.9 Å². The summed E-state index contributed by atoms with van der Waals surface area (Å²) in [5.41, 5.74) is 6.49. The van der Waals surface area contributed by atoms with Crippen LogP contribution < -0.4 is 10.5 Å². The number of ether oxygens (including phenoxy) is 1. The lowest BCUT2D eigenvalue weighted by Crippen LogP contribution is -2.09. The van der Waals surface area contributed by atoms with Crippen molar-refractivity contribution in [2.75, 3.05) is 6.61 Å². The van der Waals surface area contributed by atoms with Crippen LogP contribution >= 0.6 is 11.6 Å². The number of benzene rings is 1. The first kappa shape index (κ1) is 12.0. The Balaban J connectivity index is 1.97. The number of aromatic nitrogens is 2. The molecule has 0 saturated carbocycles. The number of imidazole rings is 1. The molecule has 0 aliphatic heterocycles. The summed E-state index contributed by atoms with van der Waals surface area (Å²) in [6, 6.07) is 5.54. The number of hydrogen-bond acceptors (Lipinski definition) is 3. The third-order valence-corrected chi connectivity index (χ3v) is 2.80. The van der Waals surface area contributed by atoms with Crippen molar-refractivity contribution in [3.8, 4) is 5.75 Å². The van der Waals surface area contributed by atoms with E-state index in [1.165, 1.54) is 0 Å². The van der Waals surface area contributed by atoms with Gasteiger partial charge in [0.05, 0.1) is 12.9 Å². The Labute approximate surface area is 105 Å². The molecule has 0 fully saturated rings. The average molecular weight is 252 g/mol. The van der Waals surface area contributed by atoms with E-state index in [0.29, 0.717) is 18.2 Å². The van der Waals surface area contributed by atoms with Gasteiger partial charge in [0.15, 0.2) is 0 Å². The second-order valence-corrected chi connectivity index (χ2v) is 3.98. The maximum absolute atomic E-state index is 6.03. The molecular formula is C12H14ClN3O. The maximum Gasteiger partial charge on any atom is 0.125 e. The first-order valence-electron chi connectivity index (χ1n) is 5.37. The summed E-state index contributed by atoms with van der Waals surface area (Å²) in [5.74, 6) is 0.750. The highest BCUT2D eigenvalue weighted by Gasteiger charge is 2.05. The van der Waals surface area contributed by atoms with E-state index in [4.69, 9.17) is 22.1 Å². The standard InChI is InChI=1S/C12H14ClN3O/c13-11-2-1-3-12(10(11)8-14)17-7-6-16-5-4-15-9-16/h1-5,9H,6-8,14H2. The number of halogens is 1. The number of nitrogens with two attached hydrogens (primary N) is 1. The van der Waals surface area contributed by atoms with Crippen LogP contribution in [0.5, 0.6) is 5.75 Å². The lowest BCUT2D eigenvalue weighted by Gasteiger charge is -2.11. The zero-order valence-electron chi connectivity index (χ0n) is 9.34. The molecule has 0 radical (unpaired) electrons. The molecule has 0 spiro atoms. The van der Waals surface area contributed by atoms with Crippen molar-refractivity contribution in [3.63, 3.8) is 0 Å². The van der Waals surface area contributed by atoms with Crippen molar-refractivity contribution in [2.24, 2.45) is 5.73 Å². The smallest absolute Gasteiger partial charge is 0.125 e. The molecule has 2 aromatic rings. The fourth-order valence-corrected chi connectivity index (χ4v) is 1.80. The van der Waals surface area contributed by atoms with Gasteiger partial charge in [-0.05, 0) is 12.1 Å². The molecule has 1 aromatic carbocycles. The number of hydrogen-bond donors (Lipinski definition) is 1. The highest BCUT2D eigenvalue weighted by Crippen LogP contribution is 2.25. The topological polar surface area (TPSA) is 53.1 Å². The van der Waals surface area contributed by atoms with Gasteiger partial charge in [-0.15, -0.1) is 0 Å². The molecule has 0 aliphatic rings. The summed E-state index contributed by atoms with van der Waals surface area (Å²) in [5, 5.41) is 0.646. The van der Waals surface area contributed by atoms with Crippen LogP contribution in [0.25, 0.3) is 0 Å². The van der Waals surface area contributed by atoms with Gasteiger partial charge in [0, 0.05) is 29.5 Å². The summed E-state index contributed by atoms with van der Waals surface area (Å²) < 4.78 is 7.62. The predicted octanol–water partition coefficient (Wildman–Crippen LogP) is 2.07. The maximum atomic E-state index is 6.03. The molecule has 2 rings (SSSR count). The van der Waals surface area contributed by atoms with E-state index in [1.807, 2.05) is 29.0 Å². The van der Waals surface area contributed by atoms with E-state index in [2.05, 4.69) is 4.98 Å². The van der Waals surface area contributed by atoms with Crippen LogP contribution in [0.4, 0.5) is 0 Å². The fourth-order valence-electron chi connectivity index (χ4n) is 1.55. The van der Waals surface area contributed by atoms with E-state index < -0.39 is 0 Å². The Hall–Kier alpha value is -1.52. The van der Waals surface area contributed by atoms with E-state index in [0.717, 1.165) is 17.9 Å². The number of nitrogens with zero attached hydrogens (tertiary/aromatic N) is 2. The molecule has 2 N–H and O–H groups in total. The quantitative estimate of drug-likeness (QED) is 0.885. The van der Waals surface area contributed by atoms with Gasteiger partial charge in [-0.3, -0.25) is 0 Å². The number of rotatable bonds is 5. The third-order valence-electron chi connectivity index (χ3n) is 2.45. The normalized spacial score (nSPS) is 10.5. The van der Waals surface area contributed by atoms with Crippen molar-refractivity contribution >= 4 is 11.6 Å². The molecule has 0 unspecified atom stereocenters. The molecule has 0 atom stereocenters. The Kier molecular flexibility index (Phi) is 4.01. The van der Waals surface area contributed by atoms with Crippen molar-refractivity contribution in [1.82, 2.24) is 9.55 Å². The first-order valence-corrected chi connectivity index (χ1v) is 5.75. The molecule has 90 valence electrons. The van der Waals surface area contributed by atoms with Crippen LogP contribution in [-0.4, -0.2) is 16.2 Å². The van der Waals surface area contributed by atoms with Crippen LogP contribution in [-0.2, 0) is 13.1 Å². The van der Waals surface area contributed by atoms with Gasteiger partial charge in [0.1, 0.15) is 12.4 Å². The summed E-state index contributed by atoms with van der Waals surface area (Å²) in [7, 11) is 0. The SMILES string of the molecule is NCc1c(Cl)cccc1OCCn1ccnc1. The highest BCUT2D eigenvalue weighted by atomic mass is 35.5. The zero-order valence-corrected chi connectivity index (χ0v) is 10.1. The lowest BCUT2D eigenvalue weighted by molar-refractivity contribution is 0.295. The zero-order chi connectivity index (χ0) is 12.1. The van der Waals surface area contributed by atoms with Crippen LogP contribution in [0.2, 0.25) is 5.02 Å². The van der Waals surface area contributed by atoms with E-state index in [1.54, 1.807) is 12.5 Å². The Morgan fingerprint density at radius 1 is 1.41 bits per heavy atom. The molecule has 0 amide bonds. The summed E-state index contributed by atoms with van der Waals surface area (Å²) in [4.78, 5) is 3.96. The molecule has 17 heavy (non-hydrogen) atoms. The molecule has 0 bridgehead atoms. The molecule has 5 heteroatoms. The summed E-state index contributed by atoms with van der Waals surface area (Å²) in [6.45, 7) is 1.68. The second-order valence-electron chi connectivity index (χ2n) is 3.57. The van der Waals surface area contributed by atoms with Gasteiger partial charge in [0.2, 0.25) is 0 Å². The van der Waals surface area contributed by atoms with Gasteiger partial charge in [0.25, 0.3) is 0 Å². The van der Waals surface area contributed by atoms with Crippen molar-refractivity contribution < 1.29 is 4.74 Å². The second kappa shape index (κ2) is 5.70. The van der Waals surface area contributed by atoms with Gasteiger partial charge in [-0.2, -0.15) is 0 Å². The molecule has 0 aliphatic carbocycles. The molecule has 4 nitrogen and oxygen atoms in total. The minimum atomic E-state index is 0.375. The average Bonchev–Trinajstić information content (AvgIpc) is 2.82. The monoisotopic (exact) mass is 251 g/mol. The van der Waals surface area contributed by atoms with E-state index in [-0.39, 0.29) is 0 Å². The Bertz CT molecular complexity index is 471. The van der Waals surface area contributed by atoms with Gasteiger partial charge < -0.3 is 15.0 Å². The molecule has 1 aromatic heterocycles. The van der Waals surface area contributed by atoms with Crippen LogP contribution in [0.3, 0.4) is 0 Å². The van der Waals surface area contributed by atoms with Gasteiger partial charge >= 0.3 is 0 Å². The van der Waals surface area contributed by atoms with Gasteiger partial charge in [-0.25, -0.2) is 4.98 Å². The van der Waals surface area contributed by atoms with Crippen LogP contribution in [0, 0.1) is 0 Å². The van der Waals surface area contributed by atoms with Crippen molar-refractivity contribution in [3.05, 3.63) is 47.5 Å². The molecular weight excluding hydrogens is 238 g/mol. The van der Waals surface area contributed by atoms with Gasteiger partial charge in [-0.1, -0.05) is 17.7 Å². The molecule has 0 saturated heterocycles. The predicted molar refractivity (Wildman–Crippen MR) is 67.1 cm³/mol. The summed E-state index contributed by atoms with van der Waals surface area (Å²) >= 11 is 6.03. The fraction of sp³-hybridized carbons (Fsp3) is 0.250.